The normalized spacial score (nSPS) is 25.0. The smallest absolute Gasteiger partial charge is 0.124 e. The fourth-order valence-corrected chi connectivity index (χ4v) is 3.00. The number of hydrogen-bond acceptors (Lipinski definition) is 2. The van der Waals surface area contributed by atoms with Gasteiger partial charge < -0.3 is 10.5 Å². The van der Waals surface area contributed by atoms with Gasteiger partial charge in [-0.25, -0.2) is 0 Å². The van der Waals surface area contributed by atoms with Crippen molar-refractivity contribution in [1.82, 2.24) is 0 Å². The molecule has 1 fully saturated rings. The van der Waals surface area contributed by atoms with Crippen LogP contribution >= 0.6 is 0 Å². The zero-order valence-electron chi connectivity index (χ0n) is 12.3. The fourth-order valence-electron chi connectivity index (χ4n) is 3.00. The Labute approximate surface area is 117 Å². The molecule has 106 valence electrons. The molecular weight excluding hydrogens is 234 g/mol. The Kier molecular flexibility index (Phi) is 5.26. The second-order valence-electron chi connectivity index (χ2n) is 5.93. The maximum Gasteiger partial charge on any atom is 0.124 e. The van der Waals surface area contributed by atoms with E-state index in [0.29, 0.717) is 5.92 Å². The average molecular weight is 261 g/mol. The maximum atomic E-state index is 6.51. The Morgan fingerprint density at radius 1 is 1.21 bits per heavy atom. The number of nitrogens with two attached hydrogens (primary N) is 1. The summed E-state index contributed by atoms with van der Waals surface area (Å²) in [5, 5.41) is 0. The molecule has 1 saturated carbocycles. The van der Waals surface area contributed by atoms with Crippen molar-refractivity contribution in [3.8, 4) is 5.75 Å². The Morgan fingerprint density at radius 3 is 2.58 bits per heavy atom. The van der Waals surface area contributed by atoms with Gasteiger partial charge in [0.1, 0.15) is 5.75 Å². The summed E-state index contributed by atoms with van der Waals surface area (Å²) in [5.74, 6) is 2.47. The van der Waals surface area contributed by atoms with E-state index in [1.807, 2.05) is 6.07 Å². The molecule has 1 aromatic carbocycles. The topological polar surface area (TPSA) is 35.2 Å². The van der Waals surface area contributed by atoms with Gasteiger partial charge in [-0.1, -0.05) is 44.9 Å². The van der Waals surface area contributed by atoms with Gasteiger partial charge in [0.25, 0.3) is 0 Å². The molecule has 19 heavy (non-hydrogen) atoms. The molecule has 1 aromatic rings. The van der Waals surface area contributed by atoms with E-state index >= 15 is 0 Å². The van der Waals surface area contributed by atoms with Crippen LogP contribution < -0.4 is 10.5 Å². The monoisotopic (exact) mass is 261 g/mol. The molecule has 0 aromatic heterocycles. The largest absolute Gasteiger partial charge is 0.493 e. The third kappa shape index (κ3) is 3.73. The molecule has 0 spiro atoms. The van der Waals surface area contributed by atoms with Crippen molar-refractivity contribution in [3.63, 3.8) is 0 Å². The van der Waals surface area contributed by atoms with Crippen LogP contribution in [-0.4, -0.2) is 6.61 Å². The third-order valence-corrected chi connectivity index (χ3v) is 4.31. The molecule has 0 amide bonds. The molecule has 1 atom stereocenters. The van der Waals surface area contributed by atoms with Crippen molar-refractivity contribution in [2.75, 3.05) is 6.61 Å². The second-order valence-corrected chi connectivity index (χ2v) is 5.93. The molecule has 0 heterocycles. The first-order valence-electron chi connectivity index (χ1n) is 7.69. The van der Waals surface area contributed by atoms with E-state index in [1.165, 1.54) is 31.2 Å². The summed E-state index contributed by atoms with van der Waals surface area (Å²) in [4.78, 5) is 0. The SMILES string of the molecule is CCCOc1ccccc1C(N)C1CCC(C)CC1. The van der Waals surface area contributed by atoms with Crippen molar-refractivity contribution in [1.29, 1.82) is 0 Å². The molecule has 1 aliphatic rings. The number of ether oxygens (including phenoxy) is 1. The molecule has 0 radical (unpaired) electrons. The van der Waals surface area contributed by atoms with E-state index in [2.05, 4.69) is 32.0 Å². The Balaban J connectivity index is 2.07. The lowest BCUT2D eigenvalue weighted by Gasteiger charge is -2.31. The number of rotatable bonds is 5. The van der Waals surface area contributed by atoms with Crippen LogP contribution in [-0.2, 0) is 0 Å². The average Bonchev–Trinajstić information content (AvgIpc) is 2.45. The molecule has 0 saturated heterocycles. The molecular formula is C17H27NO. The highest BCUT2D eigenvalue weighted by molar-refractivity contribution is 5.36. The Morgan fingerprint density at radius 2 is 1.89 bits per heavy atom. The van der Waals surface area contributed by atoms with Gasteiger partial charge in [0, 0.05) is 11.6 Å². The Hall–Kier alpha value is -1.02. The van der Waals surface area contributed by atoms with Gasteiger partial charge >= 0.3 is 0 Å². The first kappa shape index (κ1) is 14.4. The molecule has 2 N–H and O–H groups in total. The van der Waals surface area contributed by atoms with Gasteiger partial charge in [-0.3, -0.25) is 0 Å². The fraction of sp³-hybridized carbons (Fsp3) is 0.647. The highest BCUT2D eigenvalue weighted by Crippen LogP contribution is 2.38. The zero-order valence-corrected chi connectivity index (χ0v) is 12.3. The van der Waals surface area contributed by atoms with Gasteiger partial charge in [-0.05, 0) is 37.2 Å². The summed E-state index contributed by atoms with van der Waals surface area (Å²) in [6.07, 6.45) is 6.17. The minimum Gasteiger partial charge on any atom is -0.493 e. The standard InChI is InChI=1S/C17H27NO/c1-3-12-19-16-7-5-4-6-15(16)17(18)14-10-8-13(2)9-11-14/h4-7,13-14,17H,3,8-12,18H2,1-2H3. The lowest BCUT2D eigenvalue weighted by molar-refractivity contribution is 0.249. The number of para-hydroxylation sites is 1. The van der Waals surface area contributed by atoms with Gasteiger partial charge in [-0.15, -0.1) is 0 Å². The molecule has 2 heteroatoms. The van der Waals surface area contributed by atoms with Crippen molar-refractivity contribution < 1.29 is 4.74 Å². The van der Waals surface area contributed by atoms with E-state index in [1.54, 1.807) is 0 Å². The van der Waals surface area contributed by atoms with Gasteiger partial charge in [0.2, 0.25) is 0 Å². The predicted octanol–water partition coefficient (Wildman–Crippen LogP) is 4.30. The van der Waals surface area contributed by atoms with Gasteiger partial charge in [0.15, 0.2) is 0 Å². The summed E-state index contributed by atoms with van der Waals surface area (Å²) in [6, 6.07) is 8.41. The minimum atomic E-state index is 0.126. The highest BCUT2D eigenvalue weighted by atomic mass is 16.5. The van der Waals surface area contributed by atoms with Crippen molar-refractivity contribution in [3.05, 3.63) is 29.8 Å². The predicted molar refractivity (Wildman–Crippen MR) is 80.3 cm³/mol. The first-order valence-corrected chi connectivity index (χ1v) is 7.69. The summed E-state index contributed by atoms with van der Waals surface area (Å²) < 4.78 is 5.84. The van der Waals surface area contributed by atoms with Crippen molar-refractivity contribution in [2.45, 2.75) is 52.0 Å². The lowest BCUT2D eigenvalue weighted by Crippen LogP contribution is -2.26. The summed E-state index contributed by atoms with van der Waals surface area (Å²) in [7, 11) is 0. The van der Waals surface area contributed by atoms with Crippen molar-refractivity contribution in [2.24, 2.45) is 17.6 Å². The third-order valence-electron chi connectivity index (χ3n) is 4.31. The highest BCUT2D eigenvalue weighted by Gasteiger charge is 2.26. The van der Waals surface area contributed by atoms with Crippen LogP contribution in [0.1, 0.15) is 57.6 Å². The van der Waals surface area contributed by atoms with Crippen LogP contribution in [0.5, 0.6) is 5.75 Å². The maximum absolute atomic E-state index is 6.51. The van der Waals surface area contributed by atoms with Crippen LogP contribution in [0, 0.1) is 11.8 Å². The molecule has 0 aliphatic heterocycles. The molecule has 1 unspecified atom stereocenters. The van der Waals surface area contributed by atoms with Gasteiger partial charge in [0.05, 0.1) is 6.61 Å². The molecule has 0 bridgehead atoms. The second kappa shape index (κ2) is 6.95. The van der Waals surface area contributed by atoms with Crippen LogP contribution in [0.25, 0.3) is 0 Å². The van der Waals surface area contributed by atoms with Crippen LogP contribution in [0.2, 0.25) is 0 Å². The number of benzene rings is 1. The molecule has 1 aliphatic carbocycles. The van der Waals surface area contributed by atoms with Crippen LogP contribution in [0.4, 0.5) is 0 Å². The van der Waals surface area contributed by atoms with Crippen LogP contribution in [0.15, 0.2) is 24.3 Å². The van der Waals surface area contributed by atoms with E-state index in [0.717, 1.165) is 24.7 Å². The summed E-state index contributed by atoms with van der Waals surface area (Å²) >= 11 is 0. The van der Waals surface area contributed by atoms with Crippen LogP contribution in [0.3, 0.4) is 0 Å². The Bertz CT molecular complexity index is 383. The minimum absolute atomic E-state index is 0.126. The quantitative estimate of drug-likeness (QED) is 0.857. The summed E-state index contributed by atoms with van der Waals surface area (Å²) in [6.45, 7) is 5.25. The summed E-state index contributed by atoms with van der Waals surface area (Å²) in [5.41, 5.74) is 7.70. The zero-order chi connectivity index (χ0) is 13.7. The molecule has 2 rings (SSSR count). The van der Waals surface area contributed by atoms with E-state index < -0.39 is 0 Å². The van der Waals surface area contributed by atoms with Gasteiger partial charge in [-0.2, -0.15) is 0 Å². The molecule has 2 nitrogen and oxygen atoms in total. The lowest BCUT2D eigenvalue weighted by atomic mass is 9.77. The first-order chi connectivity index (χ1) is 9.22. The number of hydrogen-bond donors (Lipinski definition) is 1. The van der Waals surface area contributed by atoms with Crippen molar-refractivity contribution >= 4 is 0 Å². The van der Waals surface area contributed by atoms with E-state index in [4.69, 9.17) is 10.5 Å². The van der Waals surface area contributed by atoms with E-state index in [-0.39, 0.29) is 6.04 Å². The van der Waals surface area contributed by atoms with E-state index in [9.17, 15) is 0 Å².